The zero-order valence-electron chi connectivity index (χ0n) is 10.5. The van der Waals surface area contributed by atoms with Crippen LogP contribution in [0.3, 0.4) is 0 Å². The largest absolute Gasteiger partial charge is 0.314 e. The van der Waals surface area contributed by atoms with Crippen LogP contribution < -0.4 is 10.0 Å². The molecular formula is C12H16N4O2S. The van der Waals surface area contributed by atoms with Crippen molar-refractivity contribution in [3.05, 3.63) is 24.0 Å². The summed E-state index contributed by atoms with van der Waals surface area (Å²) in [5.74, 6) is 0. The quantitative estimate of drug-likeness (QED) is 0.812. The van der Waals surface area contributed by atoms with Crippen LogP contribution in [0.5, 0.6) is 0 Å². The number of pyridine rings is 1. The second-order valence-corrected chi connectivity index (χ2v) is 6.18. The third-order valence-electron chi connectivity index (χ3n) is 3.11. The molecule has 7 heteroatoms. The zero-order chi connectivity index (χ0) is 13.7. The van der Waals surface area contributed by atoms with Gasteiger partial charge >= 0.3 is 0 Å². The highest BCUT2D eigenvalue weighted by Gasteiger charge is 2.20. The molecule has 2 heterocycles. The normalized spacial score (nSPS) is 19.2. The van der Waals surface area contributed by atoms with Crippen LogP contribution in [0.25, 0.3) is 0 Å². The van der Waals surface area contributed by atoms with Crippen molar-refractivity contribution < 1.29 is 8.42 Å². The van der Waals surface area contributed by atoms with Crippen molar-refractivity contribution in [3.8, 4) is 6.07 Å². The highest BCUT2D eigenvalue weighted by molar-refractivity contribution is 7.89. The molecule has 102 valence electrons. The Kier molecular flexibility index (Phi) is 4.47. The van der Waals surface area contributed by atoms with E-state index >= 15 is 0 Å². The summed E-state index contributed by atoms with van der Waals surface area (Å²) in [6.07, 6.45) is 4.37. The number of nitrogens with zero attached hydrogens (tertiary/aromatic N) is 2. The van der Waals surface area contributed by atoms with Gasteiger partial charge < -0.3 is 5.32 Å². The van der Waals surface area contributed by atoms with Gasteiger partial charge in [0.15, 0.2) is 5.69 Å². The van der Waals surface area contributed by atoms with E-state index < -0.39 is 10.0 Å². The molecular weight excluding hydrogens is 264 g/mol. The lowest BCUT2D eigenvalue weighted by Crippen LogP contribution is -2.31. The predicted molar refractivity (Wildman–Crippen MR) is 69.8 cm³/mol. The van der Waals surface area contributed by atoms with Gasteiger partial charge in [-0.3, -0.25) is 0 Å². The second kappa shape index (κ2) is 6.10. The Morgan fingerprint density at radius 2 is 2.42 bits per heavy atom. The Labute approximate surface area is 112 Å². The van der Waals surface area contributed by atoms with Crippen molar-refractivity contribution in [2.75, 3.05) is 13.1 Å². The van der Waals surface area contributed by atoms with Gasteiger partial charge in [-0.15, -0.1) is 0 Å². The maximum Gasteiger partial charge on any atom is 0.243 e. The second-order valence-electron chi connectivity index (χ2n) is 4.44. The number of rotatable bonds is 5. The lowest BCUT2D eigenvalue weighted by Gasteiger charge is -2.11. The van der Waals surface area contributed by atoms with Crippen LogP contribution in [0.4, 0.5) is 0 Å². The average molecular weight is 280 g/mol. The van der Waals surface area contributed by atoms with E-state index in [9.17, 15) is 8.42 Å². The average Bonchev–Trinajstić information content (AvgIpc) is 2.91. The van der Waals surface area contributed by atoms with Crippen molar-refractivity contribution in [3.63, 3.8) is 0 Å². The summed E-state index contributed by atoms with van der Waals surface area (Å²) >= 11 is 0. The molecule has 0 aromatic carbocycles. The highest BCUT2D eigenvalue weighted by Crippen LogP contribution is 2.12. The molecule has 2 rings (SSSR count). The first-order valence-corrected chi connectivity index (χ1v) is 7.70. The van der Waals surface area contributed by atoms with Crippen molar-refractivity contribution in [2.24, 2.45) is 0 Å². The molecule has 1 aromatic heterocycles. The highest BCUT2D eigenvalue weighted by atomic mass is 32.2. The number of nitrogens with one attached hydrogen (secondary N) is 2. The Bertz CT molecular complexity index is 574. The van der Waals surface area contributed by atoms with Gasteiger partial charge in [0.1, 0.15) is 11.0 Å². The molecule has 6 nitrogen and oxygen atoms in total. The first-order valence-electron chi connectivity index (χ1n) is 6.21. The Morgan fingerprint density at radius 1 is 1.58 bits per heavy atom. The van der Waals surface area contributed by atoms with Gasteiger partial charge in [-0.2, -0.15) is 5.26 Å². The van der Waals surface area contributed by atoms with E-state index in [-0.39, 0.29) is 10.6 Å². The van der Waals surface area contributed by atoms with E-state index in [0.29, 0.717) is 12.6 Å². The SMILES string of the molecule is N#Cc1ncccc1S(=O)(=O)NCC[C@H]1CCCN1. The Morgan fingerprint density at radius 3 is 3.11 bits per heavy atom. The van der Waals surface area contributed by atoms with Crippen LogP contribution in [-0.4, -0.2) is 32.5 Å². The van der Waals surface area contributed by atoms with E-state index in [4.69, 9.17) is 5.26 Å². The summed E-state index contributed by atoms with van der Waals surface area (Å²) in [6.45, 7) is 1.36. The smallest absolute Gasteiger partial charge is 0.243 e. The summed E-state index contributed by atoms with van der Waals surface area (Å²) in [5.41, 5.74) is -0.0750. The first kappa shape index (κ1) is 13.9. The maximum absolute atomic E-state index is 12.1. The molecule has 0 unspecified atom stereocenters. The van der Waals surface area contributed by atoms with Gasteiger partial charge in [0.2, 0.25) is 10.0 Å². The summed E-state index contributed by atoms with van der Waals surface area (Å²) in [7, 11) is -3.66. The van der Waals surface area contributed by atoms with E-state index in [2.05, 4.69) is 15.0 Å². The standard InChI is InChI=1S/C12H16N4O2S/c13-9-11-12(4-2-7-15-11)19(17,18)16-8-5-10-3-1-6-14-10/h2,4,7,10,14,16H,1,3,5-6,8H2/t10-/m1/s1. The first-order chi connectivity index (χ1) is 9.13. The number of aromatic nitrogens is 1. The Hall–Kier alpha value is -1.49. The topological polar surface area (TPSA) is 94.9 Å². The molecule has 0 aliphatic carbocycles. The van der Waals surface area contributed by atoms with Crippen LogP contribution in [0, 0.1) is 11.3 Å². The van der Waals surface area contributed by atoms with Crippen LogP contribution in [-0.2, 0) is 10.0 Å². The van der Waals surface area contributed by atoms with Crippen LogP contribution in [0.2, 0.25) is 0 Å². The molecule has 1 aromatic rings. The van der Waals surface area contributed by atoms with Crippen molar-refractivity contribution in [1.29, 1.82) is 5.26 Å². The summed E-state index contributed by atoms with van der Waals surface area (Å²) in [6, 6.07) is 5.07. The number of sulfonamides is 1. The van der Waals surface area contributed by atoms with Gasteiger partial charge in [0.05, 0.1) is 0 Å². The monoisotopic (exact) mass is 280 g/mol. The molecule has 1 atom stereocenters. The van der Waals surface area contributed by atoms with E-state index in [0.717, 1.165) is 25.8 Å². The van der Waals surface area contributed by atoms with Crippen LogP contribution in [0.15, 0.2) is 23.2 Å². The van der Waals surface area contributed by atoms with Crippen LogP contribution in [0.1, 0.15) is 25.0 Å². The molecule has 1 saturated heterocycles. The molecule has 0 bridgehead atoms. The maximum atomic E-state index is 12.1. The number of hydrogen-bond donors (Lipinski definition) is 2. The fourth-order valence-electron chi connectivity index (χ4n) is 2.14. The van der Waals surface area contributed by atoms with Crippen LogP contribution >= 0.6 is 0 Å². The molecule has 1 fully saturated rings. The minimum absolute atomic E-state index is 0.0584. The van der Waals surface area contributed by atoms with Gasteiger partial charge in [-0.1, -0.05) is 0 Å². The molecule has 1 aliphatic heterocycles. The summed E-state index contributed by atoms with van der Waals surface area (Å²) < 4.78 is 26.6. The molecule has 0 amide bonds. The number of hydrogen-bond acceptors (Lipinski definition) is 5. The van der Waals surface area contributed by atoms with E-state index in [1.54, 1.807) is 6.07 Å². The molecule has 19 heavy (non-hydrogen) atoms. The molecule has 0 saturated carbocycles. The lowest BCUT2D eigenvalue weighted by atomic mass is 10.2. The fourth-order valence-corrected chi connectivity index (χ4v) is 3.29. The van der Waals surface area contributed by atoms with E-state index in [1.165, 1.54) is 18.3 Å². The fraction of sp³-hybridized carbons (Fsp3) is 0.500. The Balaban J connectivity index is 1.99. The van der Waals surface area contributed by atoms with E-state index in [1.807, 2.05) is 0 Å². The molecule has 0 spiro atoms. The zero-order valence-corrected chi connectivity index (χ0v) is 11.3. The minimum Gasteiger partial charge on any atom is -0.314 e. The lowest BCUT2D eigenvalue weighted by molar-refractivity contribution is 0.539. The van der Waals surface area contributed by atoms with Gasteiger partial charge in [-0.25, -0.2) is 18.1 Å². The number of nitriles is 1. The summed E-state index contributed by atoms with van der Waals surface area (Å²) in [4.78, 5) is 3.70. The van der Waals surface area contributed by atoms with Gasteiger partial charge in [-0.05, 0) is 37.9 Å². The third kappa shape index (κ3) is 3.50. The molecule has 2 N–H and O–H groups in total. The van der Waals surface area contributed by atoms with Gasteiger partial charge in [0.25, 0.3) is 0 Å². The van der Waals surface area contributed by atoms with Crippen molar-refractivity contribution in [1.82, 2.24) is 15.0 Å². The third-order valence-corrected chi connectivity index (χ3v) is 4.61. The molecule has 1 aliphatic rings. The van der Waals surface area contributed by atoms with Crippen molar-refractivity contribution >= 4 is 10.0 Å². The summed E-state index contributed by atoms with van der Waals surface area (Å²) in [5, 5.41) is 12.2. The van der Waals surface area contributed by atoms with Gasteiger partial charge in [0, 0.05) is 18.8 Å². The molecule has 0 radical (unpaired) electrons. The minimum atomic E-state index is -3.66. The van der Waals surface area contributed by atoms with Crippen molar-refractivity contribution in [2.45, 2.75) is 30.2 Å². The predicted octanol–water partition coefficient (Wildman–Crippen LogP) is 0.374.